The third-order valence-corrected chi connectivity index (χ3v) is 7.97. The molecule has 198 valence electrons. The SMILES string of the molecule is COC(=O)C1=C(C2CCC(c3nc(C(=O)OC)co3)CC2)NC(c2nccs2)=NC1c1cccc(F)c1Cl. The van der Waals surface area contributed by atoms with E-state index in [0.717, 1.165) is 0 Å². The number of halogens is 2. The summed E-state index contributed by atoms with van der Waals surface area (Å²) in [6.45, 7) is 0. The lowest BCUT2D eigenvalue weighted by molar-refractivity contribution is -0.136. The monoisotopic (exact) mass is 558 g/mol. The molecule has 0 bridgehead atoms. The van der Waals surface area contributed by atoms with Crippen LogP contribution >= 0.6 is 22.9 Å². The number of hydrogen-bond acceptors (Lipinski definition) is 10. The van der Waals surface area contributed by atoms with E-state index < -0.39 is 23.8 Å². The second kappa shape index (κ2) is 11.0. The van der Waals surface area contributed by atoms with Crippen LogP contribution in [0.15, 0.2) is 56.7 Å². The van der Waals surface area contributed by atoms with Gasteiger partial charge in [-0.3, -0.25) is 4.99 Å². The highest BCUT2D eigenvalue weighted by molar-refractivity contribution is 7.11. The number of aromatic nitrogens is 2. The quantitative estimate of drug-likeness (QED) is 0.410. The predicted molar refractivity (Wildman–Crippen MR) is 138 cm³/mol. The van der Waals surface area contributed by atoms with Crippen LogP contribution in [0.25, 0.3) is 0 Å². The normalized spacial score (nSPS) is 21.5. The lowest BCUT2D eigenvalue weighted by Crippen LogP contribution is -2.37. The number of benzene rings is 1. The Morgan fingerprint density at radius 2 is 1.87 bits per heavy atom. The maximum Gasteiger partial charge on any atom is 0.360 e. The Bertz CT molecular complexity index is 1410. The van der Waals surface area contributed by atoms with Crippen molar-refractivity contribution in [2.75, 3.05) is 14.2 Å². The van der Waals surface area contributed by atoms with Crippen molar-refractivity contribution in [3.8, 4) is 0 Å². The van der Waals surface area contributed by atoms with Gasteiger partial charge in [0.1, 0.15) is 18.1 Å². The van der Waals surface area contributed by atoms with Crippen molar-refractivity contribution in [3.63, 3.8) is 0 Å². The van der Waals surface area contributed by atoms with Crippen LogP contribution in [-0.4, -0.2) is 42.0 Å². The zero-order valence-corrected chi connectivity index (χ0v) is 22.1. The van der Waals surface area contributed by atoms with Crippen LogP contribution in [0.1, 0.15) is 64.6 Å². The van der Waals surface area contributed by atoms with Crippen LogP contribution in [0.4, 0.5) is 4.39 Å². The molecule has 0 spiro atoms. The number of amidine groups is 1. The number of carbonyl (C=O) groups excluding carboxylic acids is 2. The number of rotatable bonds is 6. The van der Waals surface area contributed by atoms with Crippen molar-refractivity contribution in [2.45, 2.75) is 37.6 Å². The summed E-state index contributed by atoms with van der Waals surface area (Å²) in [6, 6.07) is 3.57. The number of allylic oxidation sites excluding steroid dienone is 1. The van der Waals surface area contributed by atoms with Crippen LogP contribution in [0.5, 0.6) is 0 Å². The Morgan fingerprint density at radius 3 is 2.55 bits per heavy atom. The summed E-state index contributed by atoms with van der Waals surface area (Å²) in [6.07, 6.45) is 5.77. The summed E-state index contributed by atoms with van der Waals surface area (Å²) in [5.74, 6) is -0.812. The Kier molecular flexibility index (Phi) is 7.57. The third-order valence-electron chi connectivity index (χ3n) is 6.79. The minimum Gasteiger partial charge on any atom is -0.466 e. The number of nitrogens with one attached hydrogen (secondary N) is 1. The smallest absolute Gasteiger partial charge is 0.360 e. The first kappa shape index (κ1) is 26.1. The molecule has 0 amide bonds. The Hall–Kier alpha value is -3.57. The van der Waals surface area contributed by atoms with Gasteiger partial charge in [0, 0.05) is 28.8 Å². The van der Waals surface area contributed by atoms with Crippen molar-refractivity contribution in [1.82, 2.24) is 15.3 Å². The number of esters is 2. The summed E-state index contributed by atoms with van der Waals surface area (Å²) in [7, 11) is 2.59. The first-order chi connectivity index (χ1) is 18.4. The molecule has 0 radical (unpaired) electrons. The molecule has 1 aliphatic heterocycles. The van der Waals surface area contributed by atoms with E-state index >= 15 is 0 Å². The van der Waals surface area contributed by atoms with E-state index in [-0.39, 0.29) is 28.1 Å². The number of oxazole rings is 1. The lowest BCUT2D eigenvalue weighted by atomic mass is 9.78. The zero-order valence-electron chi connectivity index (χ0n) is 20.6. The van der Waals surface area contributed by atoms with E-state index in [1.165, 1.54) is 44.0 Å². The number of ether oxygens (including phenoxy) is 2. The lowest BCUT2D eigenvalue weighted by Gasteiger charge is -2.34. The molecule has 1 atom stereocenters. The van der Waals surface area contributed by atoms with Crippen molar-refractivity contribution in [2.24, 2.45) is 10.9 Å². The summed E-state index contributed by atoms with van der Waals surface area (Å²) >= 11 is 7.76. The molecule has 5 rings (SSSR count). The highest BCUT2D eigenvalue weighted by Crippen LogP contribution is 2.43. The maximum atomic E-state index is 14.5. The van der Waals surface area contributed by atoms with E-state index in [9.17, 15) is 14.0 Å². The van der Waals surface area contributed by atoms with Crippen LogP contribution in [0.3, 0.4) is 0 Å². The fourth-order valence-electron chi connectivity index (χ4n) is 4.93. The number of thiazole rings is 1. The van der Waals surface area contributed by atoms with Gasteiger partial charge in [0.05, 0.1) is 24.8 Å². The van der Waals surface area contributed by atoms with Gasteiger partial charge in [0.2, 0.25) is 0 Å². The molecule has 9 nitrogen and oxygen atoms in total. The molecule has 38 heavy (non-hydrogen) atoms. The van der Waals surface area contributed by atoms with Gasteiger partial charge in [0.15, 0.2) is 22.4 Å². The molecular formula is C26H24ClFN4O5S. The van der Waals surface area contributed by atoms with E-state index in [2.05, 4.69) is 15.3 Å². The predicted octanol–water partition coefficient (Wildman–Crippen LogP) is 5.20. The maximum absolute atomic E-state index is 14.5. The average Bonchev–Trinajstić information content (AvgIpc) is 3.66. The summed E-state index contributed by atoms with van der Waals surface area (Å²) in [5.41, 5.74) is 1.44. The zero-order chi connectivity index (χ0) is 26.8. The molecule has 3 heterocycles. The minimum atomic E-state index is -0.882. The fraction of sp³-hybridized carbons (Fsp3) is 0.346. The summed E-state index contributed by atoms with van der Waals surface area (Å²) in [5, 5.41) is 5.70. The molecule has 0 saturated heterocycles. The van der Waals surface area contributed by atoms with E-state index in [4.69, 9.17) is 30.5 Å². The van der Waals surface area contributed by atoms with Gasteiger partial charge in [-0.05, 0) is 37.7 Å². The van der Waals surface area contributed by atoms with Gasteiger partial charge in [-0.25, -0.2) is 23.9 Å². The molecular weight excluding hydrogens is 535 g/mol. The van der Waals surface area contributed by atoms with Crippen molar-refractivity contribution >= 4 is 40.7 Å². The second-order valence-electron chi connectivity index (χ2n) is 8.92. The number of carbonyl (C=O) groups is 2. The van der Waals surface area contributed by atoms with Gasteiger partial charge in [0.25, 0.3) is 0 Å². The average molecular weight is 559 g/mol. The van der Waals surface area contributed by atoms with Crippen molar-refractivity contribution in [1.29, 1.82) is 0 Å². The number of hydrogen-bond donors (Lipinski definition) is 1. The topological polar surface area (TPSA) is 116 Å². The van der Waals surface area contributed by atoms with Gasteiger partial charge in [-0.15, -0.1) is 11.3 Å². The molecule has 3 aromatic rings. The molecule has 2 aromatic heterocycles. The van der Waals surface area contributed by atoms with Crippen LogP contribution in [-0.2, 0) is 14.3 Å². The standard InChI is InChI=1S/C26H24ClFN4O5S/c1-35-25(33)17-12-37-23(30-17)14-8-6-13(7-9-14)20-18(26(34)36-2)21(15-4-3-5-16(28)19(15)27)32-22(31-20)24-29-10-11-38-24/h3-5,10-14,21H,6-9H2,1-2H3,(H,31,32). The first-order valence-electron chi connectivity index (χ1n) is 12.0. The van der Waals surface area contributed by atoms with Gasteiger partial charge >= 0.3 is 11.9 Å². The number of nitrogens with zero attached hydrogens (tertiary/aromatic N) is 3. The Labute approximate surface area is 226 Å². The number of methoxy groups -OCH3 is 2. The minimum absolute atomic E-state index is 0.0102. The molecule has 1 saturated carbocycles. The fourth-order valence-corrected chi connectivity index (χ4v) is 5.75. The molecule has 1 unspecified atom stereocenters. The van der Waals surface area contributed by atoms with Crippen LogP contribution in [0.2, 0.25) is 5.02 Å². The number of aliphatic imine (C=N–C) groups is 1. The van der Waals surface area contributed by atoms with Crippen molar-refractivity contribution in [3.05, 3.63) is 80.3 Å². The summed E-state index contributed by atoms with van der Waals surface area (Å²) in [4.78, 5) is 38.4. The second-order valence-corrected chi connectivity index (χ2v) is 10.2. The molecule has 1 aliphatic carbocycles. The molecule has 1 N–H and O–H groups in total. The Balaban J connectivity index is 1.50. The first-order valence-corrected chi connectivity index (χ1v) is 13.2. The van der Waals surface area contributed by atoms with Crippen LogP contribution in [0, 0.1) is 11.7 Å². The third kappa shape index (κ3) is 4.95. The van der Waals surface area contributed by atoms with Gasteiger partial charge in [-0.2, -0.15) is 0 Å². The van der Waals surface area contributed by atoms with Crippen LogP contribution < -0.4 is 5.32 Å². The highest BCUT2D eigenvalue weighted by atomic mass is 35.5. The van der Waals surface area contributed by atoms with Crippen molar-refractivity contribution < 1.29 is 27.9 Å². The summed E-state index contributed by atoms with van der Waals surface area (Å²) < 4.78 is 29.9. The largest absolute Gasteiger partial charge is 0.466 e. The molecule has 1 fully saturated rings. The highest BCUT2D eigenvalue weighted by Gasteiger charge is 2.38. The van der Waals surface area contributed by atoms with E-state index in [1.807, 2.05) is 5.38 Å². The van der Waals surface area contributed by atoms with Gasteiger partial charge in [-0.1, -0.05) is 23.7 Å². The van der Waals surface area contributed by atoms with E-state index in [0.29, 0.717) is 53.7 Å². The Morgan fingerprint density at radius 1 is 1.13 bits per heavy atom. The molecule has 2 aliphatic rings. The molecule has 12 heteroatoms. The van der Waals surface area contributed by atoms with Gasteiger partial charge < -0.3 is 19.2 Å². The van der Waals surface area contributed by atoms with E-state index in [1.54, 1.807) is 12.3 Å². The molecule has 1 aromatic carbocycles.